The molecule has 0 aliphatic carbocycles. The number of nitrogens with two attached hydrogens (primary N) is 1. The zero-order valence-electron chi connectivity index (χ0n) is 11.5. The molecule has 1 aromatic rings. The lowest BCUT2D eigenvalue weighted by molar-refractivity contribution is -0.919. The quantitative estimate of drug-likeness (QED) is 0.806. The van der Waals surface area contributed by atoms with Crippen molar-refractivity contribution in [1.29, 1.82) is 0 Å². The molecule has 1 heterocycles. The topological polar surface area (TPSA) is 56.8 Å². The van der Waals surface area contributed by atoms with Crippen molar-refractivity contribution in [2.24, 2.45) is 11.7 Å². The third-order valence-corrected chi connectivity index (χ3v) is 3.78. The van der Waals surface area contributed by atoms with Gasteiger partial charge < -0.3 is 15.4 Å². The molecule has 1 aliphatic heterocycles. The second kappa shape index (κ2) is 6.57. The highest BCUT2D eigenvalue weighted by atomic mass is 16.5. The van der Waals surface area contributed by atoms with Gasteiger partial charge in [-0.3, -0.25) is 4.79 Å². The van der Waals surface area contributed by atoms with E-state index >= 15 is 0 Å². The number of amides is 1. The van der Waals surface area contributed by atoms with Gasteiger partial charge in [0.2, 0.25) is 5.91 Å². The van der Waals surface area contributed by atoms with Crippen LogP contribution in [0.5, 0.6) is 5.75 Å². The molecule has 1 fully saturated rings. The smallest absolute Gasteiger partial charge is 0.220 e. The molecule has 0 radical (unpaired) electrons. The second-order valence-corrected chi connectivity index (χ2v) is 5.18. The molecule has 0 aromatic heterocycles. The Bertz CT molecular complexity index is 409. The van der Waals surface area contributed by atoms with Crippen LogP contribution >= 0.6 is 0 Å². The van der Waals surface area contributed by atoms with E-state index in [1.165, 1.54) is 10.5 Å². The van der Waals surface area contributed by atoms with E-state index in [1.54, 1.807) is 0 Å². The SMILES string of the molecule is CCOc1ccc(C[NH+]2CCC(C(N)=O)CC2)cc1. The number of rotatable bonds is 5. The Morgan fingerprint density at radius 2 is 1.95 bits per heavy atom. The molecule has 0 bridgehead atoms. The summed E-state index contributed by atoms with van der Waals surface area (Å²) in [7, 11) is 0. The van der Waals surface area contributed by atoms with Crippen molar-refractivity contribution in [3.63, 3.8) is 0 Å². The number of likely N-dealkylation sites (tertiary alicyclic amines) is 1. The van der Waals surface area contributed by atoms with Crippen LogP contribution in [0.15, 0.2) is 24.3 Å². The van der Waals surface area contributed by atoms with Crippen LogP contribution in [-0.4, -0.2) is 25.6 Å². The van der Waals surface area contributed by atoms with Gasteiger partial charge in [0.1, 0.15) is 12.3 Å². The number of benzene rings is 1. The lowest BCUT2D eigenvalue weighted by Crippen LogP contribution is -3.11. The molecule has 3 N–H and O–H groups in total. The number of piperidine rings is 1. The predicted octanol–water partition coefficient (Wildman–Crippen LogP) is 0.366. The van der Waals surface area contributed by atoms with Crippen molar-refractivity contribution < 1.29 is 14.4 Å². The molecule has 4 heteroatoms. The van der Waals surface area contributed by atoms with E-state index in [0.717, 1.165) is 38.2 Å². The molecule has 1 amide bonds. The van der Waals surface area contributed by atoms with Crippen molar-refractivity contribution in [3.05, 3.63) is 29.8 Å². The number of ether oxygens (including phenoxy) is 1. The molecule has 104 valence electrons. The number of quaternary nitrogens is 1. The summed E-state index contributed by atoms with van der Waals surface area (Å²) in [5.74, 6) is 0.873. The number of nitrogens with one attached hydrogen (secondary N) is 1. The minimum atomic E-state index is -0.139. The molecule has 0 saturated carbocycles. The van der Waals surface area contributed by atoms with Gasteiger partial charge >= 0.3 is 0 Å². The summed E-state index contributed by atoms with van der Waals surface area (Å²) in [4.78, 5) is 12.6. The highest BCUT2D eigenvalue weighted by molar-refractivity contribution is 5.76. The Hall–Kier alpha value is -1.55. The molecule has 4 nitrogen and oxygen atoms in total. The zero-order valence-corrected chi connectivity index (χ0v) is 11.5. The van der Waals surface area contributed by atoms with E-state index in [-0.39, 0.29) is 11.8 Å². The molecule has 0 atom stereocenters. The first-order chi connectivity index (χ1) is 9.19. The van der Waals surface area contributed by atoms with Crippen LogP contribution in [0.1, 0.15) is 25.3 Å². The Morgan fingerprint density at radius 1 is 1.32 bits per heavy atom. The minimum Gasteiger partial charge on any atom is -0.494 e. The normalized spacial score (nSPS) is 23.0. The number of carbonyl (C=O) groups is 1. The maximum absolute atomic E-state index is 11.1. The summed E-state index contributed by atoms with van der Waals surface area (Å²) in [5, 5.41) is 0. The van der Waals surface area contributed by atoms with Gasteiger partial charge in [0.05, 0.1) is 19.7 Å². The molecule has 0 spiro atoms. The number of hydrogen-bond acceptors (Lipinski definition) is 2. The van der Waals surface area contributed by atoms with Crippen LogP contribution in [0.3, 0.4) is 0 Å². The van der Waals surface area contributed by atoms with Gasteiger partial charge in [0, 0.05) is 24.3 Å². The summed E-state index contributed by atoms with van der Waals surface area (Å²) in [6, 6.07) is 8.29. The third-order valence-electron chi connectivity index (χ3n) is 3.78. The third kappa shape index (κ3) is 3.96. The first kappa shape index (κ1) is 13.9. The second-order valence-electron chi connectivity index (χ2n) is 5.18. The molecule has 2 rings (SSSR count). The highest BCUT2D eigenvalue weighted by Gasteiger charge is 2.25. The molecular weight excluding hydrogens is 240 g/mol. The minimum absolute atomic E-state index is 0.0871. The summed E-state index contributed by atoms with van der Waals surface area (Å²) in [6.07, 6.45) is 1.84. The van der Waals surface area contributed by atoms with Gasteiger partial charge in [-0.25, -0.2) is 0 Å². The average Bonchev–Trinajstić information content (AvgIpc) is 2.42. The predicted molar refractivity (Wildman–Crippen MR) is 73.9 cm³/mol. The van der Waals surface area contributed by atoms with E-state index in [4.69, 9.17) is 10.5 Å². The number of carbonyl (C=O) groups excluding carboxylic acids is 1. The van der Waals surface area contributed by atoms with Crippen molar-refractivity contribution in [3.8, 4) is 5.75 Å². The zero-order chi connectivity index (χ0) is 13.7. The summed E-state index contributed by atoms with van der Waals surface area (Å²) in [5.41, 5.74) is 6.66. The van der Waals surface area contributed by atoms with Gasteiger partial charge in [-0.05, 0) is 31.2 Å². The van der Waals surface area contributed by atoms with Crippen LogP contribution in [0.25, 0.3) is 0 Å². The molecule has 1 saturated heterocycles. The Kier molecular flexibility index (Phi) is 4.80. The summed E-state index contributed by atoms with van der Waals surface area (Å²) < 4.78 is 5.43. The molecular formula is C15H23N2O2+. The fourth-order valence-corrected chi connectivity index (χ4v) is 2.65. The first-order valence-corrected chi connectivity index (χ1v) is 7.03. The summed E-state index contributed by atoms with van der Waals surface area (Å²) >= 11 is 0. The molecule has 19 heavy (non-hydrogen) atoms. The van der Waals surface area contributed by atoms with Gasteiger partial charge in [-0.2, -0.15) is 0 Å². The van der Waals surface area contributed by atoms with Crippen molar-refractivity contribution in [1.82, 2.24) is 0 Å². The van der Waals surface area contributed by atoms with Crippen LogP contribution in [0.2, 0.25) is 0 Å². The lowest BCUT2D eigenvalue weighted by Gasteiger charge is -2.27. The Labute approximate surface area is 114 Å². The van der Waals surface area contributed by atoms with Crippen LogP contribution in [0, 0.1) is 5.92 Å². The van der Waals surface area contributed by atoms with Crippen LogP contribution in [0.4, 0.5) is 0 Å². The molecule has 0 unspecified atom stereocenters. The van der Waals surface area contributed by atoms with Crippen LogP contribution in [-0.2, 0) is 11.3 Å². The standard InChI is InChI=1S/C15H22N2O2/c1-2-19-14-5-3-12(4-6-14)11-17-9-7-13(8-10-17)15(16)18/h3-6,13H,2,7-11H2,1H3,(H2,16,18)/p+1. The largest absolute Gasteiger partial charge is 0.494 e. The molecule has 1 aliphatic rings. The van der Waals surface area contributed by atoms with E-state index in [9.17, 15) is 4.79 Å². The van der Waals surface area contributed by atoms with Gasteiger partial charge in [0.25, 0.3) is 0 Å². The highest BCUT2D eigenvalue weighted by Crippen LogP contribution is 2.12. The van der Waals surface area contributed by atoms with Gasteiger partial charge in [-0.15, -0.1) is 0 Å². The Morgan fingerprint density at radius 3 is 2.47 bits per heavy atom. The number of hydrogen-bond donors (Lipinski definition) is 2. The fourth-order valence-electron chi connectivity index (χ4n) is 2.65. The first-order valence-electron chi connectivity index (χ1n) is 7.03. The maximum Gasteiger partial charge on any atom is 0.220 e. The maximum atomic E-state index is 11.1. The monoisotopic (exact) mass is 263 g/mol. The summed E-state index contributed by atoms with van der Waals surface area (Å²) in [6.45, 7) is 5.76. The van der Waals surface area contributed by atoms with E-state index < -0.39 is 0 Å². The Balaban J connectivity index is 1.83. The van der Waals surface area contributed by atoms with Gasteiger partial charge in [-0.1, -0.05) is 0 Å². The van der Waals surface area contributed by atoms with Gasteiger partial charge in [0.15, 0.2) is 0 Å². The lowest BCUT2D eigenvalue weighted by atomic mass is 9.96. The number of primary amides is 1. The van der Waals surface area contributed by atoms with E-state index in [0.29, 0.717) is 6.61 Å². The molecule has 1 aromatic carbocycles. The van der Waals surface area contributed by atoms with Crippen molar-refractivity contribution >= 4 is 5.91 Å². The fraction of sp³-hybridized carbons (Fsp3) is 0.533. The van der Waals surface area contributed by atoms with Crippen molar-refractivity contribution in [2.75, 3.05) is 19.7 Å². The van der Waals surface area contributed by atoms with E-state index in [2.05, 4.69) is 12.1 Å². The average molecular weight is 263 g/mol. The van der Waals surface area contributed by atoms with Crippen LogP contribution < -0.4 is 15.4 Å². The van der Waals surface area contributed by atoms with Crippen molar-refractivity contribution in [2.45, 2.75) is 26.3 Å². The van der Waals surface area contributed by atoms with E-state index in [1.807, 2.05) is 19.1 Å².